The fourth-order valence-corrected chi connectivity index (χ4v) is 2.80. The predicted molar refractivity (Wildman–Crippen MR) is 94.1 cm³/mol. The second kappa shape index (κ2) is 8.92. The number of carbonyl (C=O) groups is 2. The highest BCUT2D eigenvalue weighted by Crippen LogP contribution is 2.28. The van der Waals surface area contributed by atoms with E-state index in [9.17, 15) is 22.8 Å². The van der Waals surface area contributed by atoms with Gasteiger partial charge in [-0.3, -0.25) is 4.79 Å². The monoisotopic (exact) mass is 387 g/mol. The topological polar surface area (TPSA) is 77.6 Å². The Balaban J connectivity index is 1.67. The van der Waals surface area contributed by atoms with Gasteiger partial charge in [-0.05, 0) is 25.0 Å². The second-order valence-corrected chi connectivity index (χ2v) is 6.59. The molecule has 0 aromatic carbocycles. The Bertz CT molecular complexity index is 641. The molecule has 0 bridgehead atoms. The number of piperidine rings is 1. The number of carbonyl (C=O) groups excluding carboxylic acids is 2. The Hall–Kier alpha value is -2.52. The van der Waals surface area contributed by atoms with Crippen LogP contribution >= 0.6 is 0 Å². The Morgan fingerprint density at radius 3 is 2.41 bits per heavy atom. The number of aromatic nitrogens is 1. The molecule has 7 nitrogen and oxygen atoms in total. The summed E-state index contributed by atoms with van der Waals surface area (Å²) in [6.07, 6.45) is -2.42. The zero-order valence-corrected chi connectivity index (χ0v) is 15.3. The summed E-state index contributed by atoms with van der Waals surface area (Å²) in [7, 11) is 3.39. The second-order valence-electron chi connectivity index (χ2n) is 6.59. The highest BCUT2D eigenvalue weighted by molar-refractivity contribution is 5.79. The van der Waals surface area contributed by atoms with Gasteiger partial charge in [0.2, 0.25) is 5.91 Å². The van der Waals surface area contributed by atoms with E-state index in [1.807, 2.05) is 0 Å². The van der Waals surface area contributed by atoms with Gasteiger partial charge >= 0.3 is 12.2 Å². The Morgan fingerprint density at radius 1 is 1.22 bits per heavy atom. The number of rotatable bonds is 5. The van der Waals surface area contributed by atoms with Crippen molar-refractivity contribution in [3.8, 4) is 0 Å². The quantitative estimate of drug-likeness (QED) is 0.758. The maximum Gasteiger partial charge on any atom is 0.417 e. The summed E-state index contributed by atoms with van der Waals surface area (Å²) in [6.45, 7) is 1.77. The zero-order chi connectivity index (χ0) is 20.0. The molecule has 2 rings (SSSR count). The molecule has 1 fully saturated rings. The van der Waals surface area contributed by atoms with Crippen LogP contribution in [0.25, 0.3) is 0 Å². The summed E-state index contributed by atoms with van der Waals surface area (Å²) in [4.78, 5) is 31.0. The van der Waals surface area contributed by atoms with Crippen LogP contribution in [0.1, 0.15) is 18.4 Å². The van der Waals surface area contributed by atoms with E-state index in [1.165, 1.54) is 11.0 Å². The summed E-state index contributed by atoms with van der Waals surface area (Å²) in [5.41, 5.74) is -0.805. The molecule has 3 amide bonds. The van der Waals surface area contributed by atoms with Crippen LogP contribution in [0.15, 0.2) is 18.3 Å². The van der Waals surface area contributed by atoms with Crippen molar-refractivity contribution in [2.24, 2.45) is 5.92 Å². The van der Waals surface area contributed by atoms with Crippen molar-refractivity contribution in [1.29, 1.82) is 0 Å². The van der Waals surface area contributed by atoms with Gasteiger partial charge in [0.05, 0.1) is 5.56 Å². The first-order valence-corrected chi connectivity index (χ1v) is 8.69. The lowest BCUT2D eigenvalue weighted by Gasteiger charge is -2.33. The molecule has 0 atom stereocenters. The fraction of sp³-hybridized carbons (Fsp3) is 0.588. The minimum Gasteiger partial charge on any atom is -0.368 e. The molecule has 0 radical (unpaired) electrons. The van der Waals surface area contributed by atoms with Gasteiger partial charge in [-0.1, -0.05) is 0 Å². The maximum absolute atomic E-state index is 12.5. The first-order valence-electron chi connectivity index (χ1n) is 8.69. The van der Waals surface area contributed by atoms with Crippen LogP contribution in [0.3, 0.4) is 0 Å². The Kier molecular flexibility index (Phi) is 6.86. The minimum atomic E-state index is -4.41. The Labute approximate surface area is 155 Å². The molecule has 2 N–H and O–H groups in total. The number of anilines is 1. The number of hydrogen-bond acceptors (Lipinski definition) is 4. The smallest absolute Gasteiger partial charge is 0.368 e. The van der Waals surface area contributed by atoms with Crippen molar-refractivity contribution in [1.82, 2.24) is 20.1 Å². The van der Waals surface area contributed by atoms with Gasteiger partial charge in [-0.15, -0.1) is 0 Å². The largest absolute Gasteiger partial charge is 0.417 e. The lowest BCUT2D eigenvalue weighted by molar-refractivity contribution is -0.137. The van der Waals surface area contributed by atoms with Crippen LogP contribution < -0.4 is 10.6 Å². The van der Waals surface area contributed by atoms with Crippen LogP contribution in [-0.4, -0.2) is 67.0 Å². The standard InChI is InChI=1S/C17H24F3N5O2/c1-24(2)16(27)25-9-5-12(6-10-25)15(26)22-8-7-21-14-4-3-13(11-23-14)17(18,19)20/h3-4,11-12H,5-10H2,1-2H3,(H,21,23)(H,22,26). The van der Waals surface area contributed by atoms with Crippen molar-refractivity contribution >= 4 is 17.8 Å². The number of nitrogens with one attached hydrogen (secondary N) is 2. The van der Waals surface area contributed by atoms with E-state index in [4.69, 9.17) is 0 Å². The van der Waals surface area contributed by atoms with E-state index in [-0.39, 0.29) is 17.9 Å². The normalized spacial score (nSPS) is 15.4. The number of amides is 3. The molecular formula is C17H24F3N5O2. The average molecular weight is 387 g/mol. The van der Waals surface area contributed by atoms with Crippen molar-refractivity contribution in [3.63, 3.8) is 0 Å². The average Bonchev–Trinajstić information content (AvgIpc) is 2.64. The van der Waals surface area contributed by atoms with E-state index in [2.05, 4.69) is 15.6 Å². The maximum atomic E-state index is 12.5. The number of alkyl halides is 3. The summed E-state index contributed by atoms with van der Waals surface area (Å²) < 4.78 is 37.4. The third-order valence-corrected chi connectivity index (χ3v) is 4.34. The van der Waals surface area contributed by atoms with Crippen LogP contribution in [0, 0.1) is 5.92 Å². The van der Waals surface area contributed by atoms with E-state index < -0.39 is 11.7 Å². The van der Waals surface area contributed by atoms with Gasteiger partial charge in [0.15, 0.2) is 0 Å². The molecule has 1 aromatic heterocycles. The van der Waals surface area contributed by atoms with Crippen molar-refractivity contribution in [2.75, 3.05) is 45.6 Å². The predicted octanol–water partition coefficient (Wildman–Crippen LogP) is 2.02. The molecule has 0 aliphatic carbocycles. The summed E-state index contributed by atoms with van der Waals surface area (Å²) in [6, 6.07) is 2.15. The van der Waals surface area contributed by atoms with Gasteiger partial charge in [-0.25, -0.2) is 9.78 Å². The Morgan fingerprint density at radius 2 is 1.89 bits per heavy atom. The molecule has 1 aromatic rings. The molecule has 0 saturated carbocycles. The first-order chi connectivity index (χ1) is 12.7. The van der Waals surface area contributed by atoms with Crippen molar-refractivity contribution in [2.45, 2.75) is 19.0 Å². The van der Waals surface area contributed by atoms with Crippen LogP contribution in [0.2, 0.25) is 0 Å². The van der Waals surface area contributed by atoms with Crippen LogP contribution in [-0.2, 0) is 11.0 Å². The van der Waals surface area contributed by atoms with Gasteiger partial charge < -0.3 is 20.4 Å². The van der Waals surface area contributed by atoms with Gasteiger partial charge in [0, 0.05) is 52.4 Å². The molecular weight excluding hydrogens is 363 g/mol. The first kappa shape index (κ1) is 20.8. The molecule has 27 heavy (non-hydrogen) atoms. The van der Waals surface area contributed by atoms with E-state index in [0.717, 1.165) is 12.3 Å². The van der Waals surface area contributed by atoms with E-state index in [1.54, 1.807) is 19.0 Å². The molecule has 1 saturated heterocycles. The molecule has 2 heterocycles. The highest BCUT2D eigenvalue weighted by Gasteiger charge is 2.30. The number of likely N-dealkylation sites (tertiary alicyclic amines) is 1. The molecule has 10 heteroatoms. The fourth-order valence-electron chi connectivity index (χ4n) is 2.80. The summed E-state index contributed by atoms with van der Waals surface area (Å²) in [5, 5.41) is 5.67. The van der Waals surface area contributed by atoms with Crippen LogP contribution in [0.4, 0.5) is 23.8 Å². The number of hydrogen-bond donors (Lipinski definition) is 2. The molecule has 1 aliphatic rings. The van der Waals surface area contributed by atoms with Crippen molar-refractivity contribution in [3.05, 3.63) is 23.9 Å². The van der Waals surface area contributed by atoms with Crippen molar-refractivity contribution < 1.29 is 22.8 Å². The highest BCUT2D eigenvalue weighted by atomic mass is 19.4. The zero-order valence-electron chi connectivity index (χ0n) is 15.3. The lowest BCUT2D eigenvalue weighted by Crippen LogP contribution is -2.46. The van der Waals surface area contributed by atoms with E-state index in [0.29, 0.717) is 44.8 Å². The molecule has 0 spiro atoms. The number of urea groups is 1. The molecule has 150 valence electrons. The van der Waals surface area contributed by atoms with Crippen LogP contribution in [0.5, 0.6) is 0 Å². The summed E-state index contributed by atoms with van der Waals surface area (Å²) >= 11 is 0. The van der Waals surface area contributed by atoms with Gasteiger partial charge in [-0.2, -0.15) is 13.2 Å². The van der Waals surface area contributed by atoms with Gasteiger partial charge in [0.25, 0.3) is 0 Å². The third kappa shape index (κ3) is 6.00. The third-order valence-electron chi connectivity index (χ3n) is 4.34. The van der Waals surface area contributed by atoms with E-state index >= 15 is 0 Å². The summed E-state index contributed by atoms with van der Waals surface area (Å²) in [5.74, 6) is 0.0993. The SMILES string of the molecule is CN(C)C(=O)N1CCC(C(=O)NCCNc2ccc(C(F)(F)F)cn2)CC1. The number of halogens is 3. The van der Waals surface area contributed by atoms with Gasteiger partial charge in [0.1, 0.15) is 5.82 Å². The molecule has 1 aliphatic heterocycles. The lowest BCUT2D eigenvalue weighted by atomic mass is 9.96. The number of nitrogens with zero attached hydrogens (tertiary/aromatic N) is 3. The number of pyridine rings is 1. The molecule has 0 unspecified atom stereocenters. The minimum absolute atomic E-state index is 0.0536.